The van der Waals surface area contributed by atoms with Crippen LogP contribution in [-0.4, -0.2) is 9.55 Å². The van der Waals surface area contributed by atoms with Gasteiger partial charge in [0.05, 0.1) is 0 Å². The molecule has 0 amide bonds. The fourth-order valence-electron chi connectivity index (χ4n) is 1.14. The highest BCUT2D eigenvalue weighted by atomic mass is 32.1. The first-order valence-corrected chi connectivity index (χ1v) is 4.38. The summed E-state index contributed by atoms with van der Waals surface area (Å²) in [5.41, 5.74) is 1.04. The summed E-state index contributed by atoms with van der Waals surface area (Å²) in [5, 5.41) is 0. The lowest BCUT2D eigenvalue weighted by molar-refractivity contribution is 0.956. The fourth-order valence-corrected chi connectivity index (χ4v) is 1.37. The van der Waals surface area contributed by atoms with E-state index in [1.165, 1.54) is 0 Å². The molecule has 0 unspecified atom stereocenters. The van der Waals surface area contributed by atoms with Crippen molar-refractivity contribution < 1.29 is 0 Å². The Hall–Kier alpha value is -1.48. The van der Waals surface area contributed by atoms with E-state index in [1.807, 2.05) is 47.2 Å². The normalized spacial score (nSPS) is 9.85. The van der Waals surface area contributed by atoms with Gasteiger partial charge in [0.1, 0.15) is 0 Å². The average Bonchev–Trinajstić information content (AvgIpc) is 2.20. The predicted octanol–water partition coefficient (Wildman–Crippen LogP) is 2.60. The van der Waals surface area contributed by atoms with Crippen molar-refractivity contribution in [2.45, 2.75) is 0 Å². The SMILES string of the molecule is S=c1ncccn1-c1ccccc1. The molecule has 0 saturated heterocycles. The maximum atomic E-state index is 5.09. The minimum absolute atomic E-state index is 0.578. The summed E-state index contributed by atoms with van der Waals surface area (Å²) in [5.74, 6) is 0. The number of para-hydroxylation sites is 1. The Morgan fingerprint density at radius 3 is 2.54 bits per heavy atom. The molecule has 1 aromatic heterocycles. The molecule has 13 heavy (non-hydrogen) atoms. The molecular formula is C10H8N2S. The molecule has 2 aromatic rings. The van der Waals surface area contributed by atoms with Crippen molar-refractivity contribution in [3.05, 3.63) is 53.6 Å². The topological polar surface area (TPSA) is 17.8 Å². The zero-order valence-electron chi connectivity index (χ0n) is 6.92. The van der Waals surface area contributed by atoms with Crippen LogP contribution < -0.4 is 0 Å². The second kappa shape index (κ2) is 3.49. The smallest absolute Gasteiger partial charge is 0.204 e. The van der Waals surface area contributed by atoms with Crippen LogP contribution >= 0.6 is 12.2 Å². The monoisotopic (exact) mass is 188 g/mol. The zero-order chi connectivity index (χ0) is 9.10. The van der Waals surface area contributed by atoms with Gasteiger partial charge in [0, 0.05) is 18.1 Å². The lowest BCUT2D eigenvalue weighted by Gasteiger charge is -2.03. The van der Waals surface area contributed by atoms with Crippen LogP contribution in [0.2, 0.25) is 0 Å². The van der Waals surface area contributed by atoms with Crippen molar-refractivity contribution in [3.8, 4) is 5.69 Å². The Bertz CT molecular complexity index is 448. The molecule has 3 heteroatoms. The highest BCUT2D eigenvalue weighted by Gasteiger charge is 1.93. The lowest BCUT2D eigenvalue weighted by atomic mass is 10.3. The molecule has 0 atom stereocenters. The Balaban J connectivity index is 2.60. The first-order valence-electron chi connectivity index (χ1n) is 3.97. The van der Waals surface area contributed by atoms with Gasteiger partial charge in [-0.15, -0.1) is 0 Å². The Morgan fingerprint density at radius 1 is 1.08 bits per heavy atom. The molecule has 2 rings (SSSR count). The van der Waals surface area contributed by atoms with Crippen LogP contribution in [0.5, 0.6) is 0 Å². The van der Waals surface area contributed by atoms with Crippen LogP contribution in [0.3, 0.4) is 0 Å². The quantitative estimate of drug-likeness (QED) is 0.640. The molecule has 0 N–H and O–H groups in total. The molecule has 2 nitrogen and oxygen atoms in total. The van der Waals surface area contributed by atoms with Crippen LogP contribution in [0.4, 0.5) is 0 Å². The van der Waals surface area contributed by atoms with Crippen molar-refractivity contribution in [2.75, 3.05) is 0 Å². The van der Waals surface area contributed by atoms with Gasteiger partial charge in [-0.05, 0) is 30.4 Å². The predicted molar refractivity (Wildman–Crippen MR) is 54.4 cm³/mol. The minimum atomic E-state index is 0.578. The number of aromatic nitrogens is 2. The van der Waals surface area contributed by atoms with Gasteiger partial charge < -0.3 is 0 Å². The van der Waals surface area contributed by atoms with Crippen molar-refractivity contribution in [3.63, 3.8) is 0 Å². The van der Waals surface area contributed by atoms with Crippen molar-refractivity contribution in [1.82, 2.24) is 9.55 Å². The molecule has 0 saturated carbocycles. The summed E-state index contributed by atoms with van der Waals surface area (Å²) in [6, 6.07) is 11.8. The molecule has 1 heterocycles. The molecular weight excluding hydrogens is 180 g/mol. The summed E-state index contributed by atoms with van der Waals surface area (Å²) in [4.78, 5) is 4.03. The van der Waals surface area contributed by atoms with Crippen molar-refractivity contribution >= 4 is 12.2 Å². The van der Waals surface area contributed by atoms with E-state index >= 15 is 0 Å². The highest BCUT2D eigenvalue weighted by molar-refractivity contribution is 7.71. The molecule has 0 bridgehead atoms. The first kappa shape index (κ1) is 8.13. The summed E-state index contributed by atoms with van der Waals surface area (Å²) >= 11 is 5.09. The van der Waals surface area contributed by atoms with Gasteiger partial charge in [-0.1, -0.05) is 18.2 Å². The molecule has 0 aliphatic heterocycles. The molecule has 0 aliphatic carbocycles. The molecule has 0 fully saturated rings. The Labute approximate surface area is 81.5 Å². The van der Waals surface area contributed by atoms with E-state index in [4.69, 9.17) is 12.2 Å². The number of rotatable bonds is 1. The number of benzene rings is 1. The minimum Gasteiger partial charge on any atom is -0.293 e. The van der Waals surface area contributed by atoms with E-state index in [9.17, 15) is 0 Å². The van der Waals surface area contributed by atoms with Gasteiger partial charge in [-0.25, -0.2) is 4.98 Å². The number of hydrogen-bond donors (Lipinski definition) is 0. The summed E-state index contributed by atoms with van der Waals surface area (Å²) in [6.07, 6.45) is 3.60. The third-order valence-corrected chi connectivity index (χ3v) is 2.05. The Morgan fingerprint density at radius 2 is 1.85 bits per heavy atom. The maximum absolute atomic E-state index is 5.09. The second-order valence-electron chi connectivity index (χ2n) is 2.61. The van der Waals surface area contributed by atoms with Crippen molar-refractivity contribution in [2.24, 2.45) is 0 Å². The largest absolute Gasteiger partial charge is 0.293 e. The van der Waals surface area contributed by atoms with E-state index in [1.54, 1.807) is 6.20 Å². The van der Waals surface area contributed by atoms with Crippen LogP contribution in [0.25, 0.3) is 5.69 Å². The van der Waals surface area contributed by atoms with Gasteiger partial charge in [0.25, 0.3) is 0 Å². The van der Waals surface area contributed by atoms with E-state index in [2.05, 4.69) is 4.98 Å². The van der Waals surface area contributed by atoms with Gasteiger partial charge in [0.15, 0.2) is 0 Å². The van der Waals surface area contributed by atoms with Gasteiger partial charge in [-0.2, -0.15) is 0 Å². The lowest BCUT2D eigenvalue weighted by Crippen LogP contribution is -1.96. The molecule has 64 valence electrons. The van der Waals surface area contributed by atoms with Crippen molar-refractivity contribution in [1.29, 1.82) is 0 Å². The van der Waals surface area contributed by atoms with Crippen LogP contribution in [0.1, 0.15) is 0 Å². The third-order valence-electron chi connectivity index (χ3n) is 1.75. The highest BCUT2D eigenvalue weighted by Crippen LogP contribution is 2.05. The summed E-state index contributed by atoms with van der Waals surface area (Å²) in [6.45, 7) is 0. The third kappa shape index (κ3) is 1.65. The van der Waals surface area contributed by atoms with Crippen LogP contribution in [-0.2, 0) is 0 Å². The van der Waals surface area contributed by atoms with Gasteiger partial charge >= 0.3 is 0 Å². The number of hydrogen-bond acceptors (Lipinski definition) is 2. The van der Waals surface area contributed by atoms with Gasteiger partial charge in [-0.3, -0.25) is 4.57 Å². The Kier molecular flexibility index (Phi) is 2.19. The fraction of sp³-hybridized carbons (Fsp3) is 0. The number of nitrogens with zero attached hydrogens (tertiary/aromatic N) is 2. The molecule has 1 aromatic carbocycles. The van der Waals surface area contributed by atoms with Crippen LogP contribution in [0.15, 0.2) is 48.8 Å². The van der Waals surface area contributed by atoms with E-state index < -0.39 is 0 Å². The molecule has 0 aliphatic rings. The van der Waals surface area contributed by atoms with E-state index in [0.29, 0.717) is 4.77 Å². The maximum Gasteiger partial charge on any atom is 0.204 e. The summed E-state index contributed by atoms with van der Waals surface area (Å²) < 4.78 is 2.45. The van der Waals surface area contributed by atoms with E-state index in [-0.39, 0.29) is 0 Å². The van der Waals surface area contributed by atoms with Crippen LogP contribution in [0, 0.1) is 4.77 Å². The first-order chi connectivity index (χ1) is 6.38. The average molecular weight is 188 g/mol. The van der Waals surface area contributed by atoms with Gasteiger partial charge in [0.2, 0.25) is 4.77 Å². The standard InChI is InChI=1S/C10H8N2S/c13-10-11-7-4-8-12(10)9-5-2-1-3-6-9/h1-8H. The zero-order valence-corrected chi connectivity index (χ0v) is 7.74. The molecule has 0 radical (unpaired) electrons. The summed E-state index contributed by atoms with van der Waals surface area (Å²) in [7, 11) is 0. The van der Waals surface area contributed by atoms with E-state index in [0.717, 1.165) is 5.69 Å². The molecule has 0 spiro atoms. The second-order valence-corrected chi connectivity index (χ2v) is 2.97.